The van der Waals surface area contributed by atoms with E-state index in [0.717, 1.165) is 17.4 Å². The number of allylic oxidation sites excluding steroid dienone is 1. The van der Waals surface area contributed by atoms with Gasteiger partial charge in [-0.15, -0.1) is 0 Å². The van der Waals surface area contributed by atoms with Crippen molar-refractivity contribution in [2.75, 3.05) is 5.75 Å². The molecule has 1 atom stereocenters. The predicted octanol–water partition coefficient (Wildman–Crippen LogP) is 4.20. The lowest BCUT2D eigenvalue weighted by molar-refractivity contribution is 0.647. The molecule has 1 rings (SSSR count). The van der Waals surface area contributed by atoms with E-state index in [1.165, 1.54) is 31.4 Å². The number of hydrogen-bond acceptors (Lipinski definition) is 3. The average molecular weight is 233 g/mol. The summed E-state index contributed by atoms with van der Waals surface area (Å²) in [7, 11) is 4.09. The van der Waals surface area contributed by atoms with E-state index in [2.05, 4.69) is 17.4 Å². The molecule has 0 unspecified atom stereocenters. The van der Waals surface area contributed by atoms with Crippen molar-refractivity contribution in [2.24, 2.45) is 5.73 Å². The van der Waals surface area contributed by atoms with Gasteiger partial charge in [0.25, 0.3) is 0 Å². The zero-order valence-electron chi connectivity index (χ0n) is 9.42. The molecule has 0 aliphatic carbocycles. The highest BCUT2D eigenvalue weighted by molar-refractivity contribution is 8.77. The summed E-state index contributed by atoms with van der Waals surface area (Å²) in [5.74, 6) is 1.35. The summed E-state index contributed by atoms with van der Waals surface area (Å²) in [5.41, 5.74) is 6.32. The van der Waals surface area contributed by atoms with Crippen LogP contribution >= 0.6 is 21.6 Å². The first-order chi connectivity index (χ1) is 6.79. The number of hydrogen-bond donors (Lipinski definition) is 1. The van der Waals surface area contributed by atoms with Gasteiger partial charge < -0.3 is 5.73 Å². The first-order valence-corrected chi connectivity index (χ1v) is 7.89. The van der Waals surface area contributed by atoms with Gasteiger partial charge in [-0.2, -0.15) is 0 Å². The van der Waals surface area contributed by atoms with Gasteiger partial charge in [0.05, 0.1) is 0 Å². The van der Waals surface area contributed by atoms with E-state index in [9.17, 15) is 0 Å². The van der Waals surface area contributed by atoms with Crippen LogP contribution in [0.25, 0.3) is 0 Å². The van der Waals surface area contributed by atoms with Crippen molar-refractivity contribution in [1.29, 1.82) is 0 Å². The lowest BCUT2D eigenvalue weighted by Gasteiger charge is -2.06. The van der Waals surface area contributed by atoms with Crippen LogP contribution in [0.3, 0.4) is 0 Å². The minimum Gasteiger partial charge on any atom is -0.403 e. The van der Waals surface area contributed by atoms with Crippen molar-refractivity contribution in [2.45, 2.75) is 51.2 Å². The Morgan fingerprint density at radius 3 is 2.64 bits per heavy atom. The highest BCUT2D eigenvalue weighted by Gasteiger charge is 2.15. The Balaban J connectivity index is 0.000000791. The third-order valence-electron chi connectivity index (χ3n) is 2.00. The van der Waals surface area contributed by atoms with Gasteiger partial charge in [-0.25, -0.2) is 0 Å². The van der Waals surface area contributed by atoms with Crippen molar-refractivity contribution < 1.29 is 0 Å². The molecule has 1 nitrogen and oxygen atoms in total. The number of nitrogens with two attached hydrogens (primary N) is 1. The zero-order chi connectivity index (χ0) is 10.8. The molecule has 1 saturated heterocycles. The fourth-order valence-electron chi connectivity index (χ4n) is 1.29. The van der Waals surface area contributed by atoms with Gasteiger partial charge in [-0.05, 0) is 25.7 Å². The normalized spacial score (nSPS) is 20.0. The summed E-state index contributed by atoms with van der Waals surface area (Å²) >= 11 is 0. The molecule has 1 aliphatic heterocycles. The maximum absolute atomic E-state index is 5.48. The van der Waals surface area contributed by atoms with Crippen LogP contribution in [0.2, 0.25) is 0 Å². The molecule has 0 aromatic rings. The highest BCUT2D eigenvalue weighted by Crippen LogP contribution is 2.39. The Hall–Kier alpha value is 0.240. The van der Waals surface area contributed by atoms with E-state index >= 15 is 0 Å². The summed E-state index contributed by atoms with van der Waals surface area (Å²) in [4.78, 5) is 0. The van der Waals surface area contributed by atoms with E-state index in [0.29, 0.717) is 0 Å². The fraction of sp³-hybridized carbons (Fsp3) is 0.818. The van der Waals surface area contributed by atoms with Crippen molar-refractivity contribution in [3.8, 4) is 0 Å². The van der Waals surface area contributed by atoms with E-state index in [-0.39, 0.29) is 0 Å². The number of unbranched alkanes of at least 4 members (excludes halogenated alkanes) is 1. The average Bonchev–Trinajstić information content (AvgIpc) is 2.68. The Morgan fingerprint density at radius 2 is 2.14 bits per heavy atom. The van der Waals surface area contributed by atoms with E-state index in [4.69, 9.17) is 5.73 Å². The number of rotatable bonds is 5. The Bertz CT molecular complexity index is 142. The van der Waals surface area contributed by atoms with Crippen molar-refractivity contribution in [3.05, 3.63) is 12.3 Å². The van der Waals surface area contributed by atoms with E-state index in [1.54, 1.807) is 0 Å². The van der Waals surface area contributed by atoms with Crippen LogP contribution in [0.15, 0.2) is 12.3 Å². The summed E-state index contributed by atoms with van der Waals surface area (Å²) in [5, 5.41) is 0.918. The van der Waals surface area contributed by atoms with Crippen LogP contribution in [0, 0.1) is 0 Å². The topological polar surface area (TPSA) is 26.0 Å². The van der Waals surface area contributed by atoms with E-state index in [1.807, 2.05) is 24.6 Å². The predicted molar refractivity (Wildman–Crippen MR) is 71.6 cm³/mol. The molecule has 0 bridgehead atoms. The van der Waals surface area contributed by atoms with Crippen LogP contribution in [0.4, 0.5) is 0 Å². The second-order valence-electron chi connectivity index (χ2n) is 3.23. The first kappa shape index (κ1) is 14.2. The minimum absolute atomic E-state index is 0.837. The summed E-state index contributed by atoms with van der Waals surface area (Å²) in [6.07, 6.45) is 6.31. The van der Waals surface area contributed by atoms with Gasteiger partial charge in [0.2, 0.25) is 0 Å². The van der Waals surface area contributed by atoms with Crippen LogP contribution < -0.4 is 5.73 Å². The molecule has 0 aromatic carbocycles. The molecule has 0 amide bonds. The molecule has 0 spiro atoms. The molecular formula is C11H23NS2. The molecule has 1 aliphatic rings. The van der Waals surface area contributed by atoms with Gasteiger partial charge in [-0.3, -0.25) is 0 Å². The maximum Gasteiger partial charge on any atom is 0.0159 e. The fourth-order valence-corrected chi connectivity index (χ4v) is 4.32. The molecule has 0 aromatic heterocycles. The smallest absolute Gasteiger partial charge is 0.0159 e. The first-order valence-electron chi connectivity index (χ1n) is 5.50. The second kappa shape index (κ2) is 9.78. The molecule has 1 heterocycles. The summed E-state index contributed by atoms with van der Waals surface area (Å²) in [6, 6.07) is 0. The van der Waals surface area contributed by atoms with Gasteiger partial charge in [-0.1, -0.05) is 48.4 Å². The van der Waals surface area contributed by atoms with Crippen LogP contribution in [-0.4, -0.2) is 11.0 Å². The largest absolute Gasteiger partial charge is 0.403 e. The second-order valence-corrected chi connectivity index (χ2v) is 6.02. The van der Waals surface area contributed by atoms with Gasteiger partial charge in [0.1, 0.15) is 0 Å². The molecular weight excluding hydrogens is 210 g/mol. The van der Waals surface area contributed by atoms with Gasteiger partial charge >= 0.3 is 0 Å². The van der Waals surface area contributed by atoms with Gasteiger partial charge in [0, 0.05) is 16.7 Å². The molecule has 84 valence electrons. The third-order valence-corrected chi connectivity index (χ3v) is 5.01. The highest BCUT2D eigenvalue weighted by atomic mass is 33.1. The quantitative estimate of drug-likeness (QED) is 0.569. The van der Waals surface area contributed by atoms with Crippen molar-refractivity contribution in [1.82, 2.24) is 0 Å². The summed E-state index contributed by atoms with van der Waals surface area (Å²) in [6.45, 7) is 7.69. The molecule has 0 radical (unpaired) electrons. The zero-order valence-corrected chi connectivity index (χ0v) is 11.1. The molecule has 3 heteroatoms. The van der Waals surface area contributed by atoms with Crippen LogP contribution in [0.5, 0.6) is 0 Å². The third kappa shape index (κ3) is 7.63. The van der Waals surface area contributed by atoms with Crippen LogP contribution in [-0.2, 0) is 0 Å². The molecule has 1 fully saturated rings. The monoisotopic (exact) mass is 233 g/mol. The summed E-state index contributed by atoms with van der Waals surface area (Å²) < 4.78 is 0. The minimum atomic E-state index is 0.837. The van der Waals surface area contributed by atoms with Gasteiger partial charge in [0.15, 0.2) is 0 Å². The lowest BCUT2D eigenvalue weighted by Crippen LogP contribution is -1.98. The van der Waals surface area contributed by atoms with Crippen LogP contribution in [0.1, 0.15) is 46.0 Å². The van der Waals surface area contributed by atoms with Crippen molar-refractivity contribution >= 4 is 21.6 Å². The Kier molecular flexibility index (Phi) is 9.95. The lowest BCUT2D eigenvalue weighted by atomic mass is 10.1. The molecule has 0 saturated carbocycles. The Morgan fingerprint density at radius 1 is 1.43 bits per heavy atom. The molecule has 2 N–H and O–H groups in total. The van der Waals surface area contributed by atoms with E-state index < -0.39 is 0 Å². The standard InChI is InChI=1S/C9H17NS2.C2H6/c1-8(10)4-2-3-5-9-6-7-11-12-9;1-2/h9H,1-7,10H2;1-2H3/t9-;/m0./s1. The molecule has 14 heavy (non-hydrogen) atoms. The SMILES string of the molecule is C=C(N)CCCC[C@H]1CCSS1.CC. The maximum atomic E-state index is 5.48. The Labute approximate surface area is 96.7 Å². The van der Waals surface area contributed by atoms with Crippen molar-refractivity contribution in [3.63, 3.8) is 0 Å².